The van der Waals surface area contributed by atoms with Crippen molar-refractivity contribution in [2.45, 2.75) is 19.4 Å². The zero-order chi connectivity index (χ0) is 14.0. The maximum Gasteiger partial charge on any atom is 0.263 e. The Bertz CT molecular complexity index is 672. The minimum atomic E-state index is -0.173. The third kappa shape index (κ3) is 2.75. The summed E-state index contributed by atoms with van der Waals surface area (Å²) < 4.78 is 1.89. The first-order chi connectivity index (χ1) is 9.04. The van der Waals surface area contributed by atoms with Crippen molar-refractivity contribution < 1.29 is 4.79 Å². The molecule has 19 heavy (non-hydrogen) atoms. The first-order valence-corrected chi connectivity index (χ1v) is 7.36. The average molecular weight is 337 g/mol. The molecule has 1 heterocycles. The lowest BCUT2D eigenvalue weighted by Crippen LogP contribution is -2.32. The molecule has 3 N–H and O–H groups in total. The molecule has 0 aliphatic rings. The van der Waals surface area contributed by atoms with Crippen LogP contribution in [-0.4, -0.2) is 11.9 Å². The summed E-state index contributed by atoms with van der Waals surface area (Å²) in [5.41, 5.74) is 6.58. The molecule has 1 aromatic heterocycles. The van der Waals surface area contributed by atoms with Gasteiger partial charge in [-0.15, -0.1) is 23.7 Å². The molecule has 5 heteroatoms. The van der Waals surface area contributed by atoms with Crippen LogP contribution in [0.25, 0.3) is 10.1 Å². The first kappa shape index (κ1) is 13.9. The minimum Gasteiger partial charge on any atom is -0.397 e. The van der Waals surface area contributed by atoms with Gasteiger partial charge in [0, 0.05) is 27.0 Å². The summed E-state index contributed by atoms with van der Waals surface area (Å²) in [5, 5.41) is 3.74. The number of hydrogen-bond donors (Lipinski definition) is 2. The molecule has 0 saturated carbocycles. The van der Waals surface area contributed by atoms with E-state index in [1.807, 2.05) is 25.1 Å². The largest absolute Gasteiger partial charge is 0.397 e. The molecule has 0 aliphatic carbocycles. The predicted octanol–water partition coefficient (Wildman–Crippen LogP) is 3.39. The lowest BCUT2D eigenvalue weighted by atomic mass is 10.2. The highest BCUT2D eigenvalue weighted by Gasteiger charge is 2.18. The Kier molecular flexibility index (Phi) is 4.13. The molecular formula is C14H13BrN2OS. The second-order valence-corrected chi connectivity index (χ2v) is 6.15. The van der Waals surface area contributed by atoms with Gasteiger partial charge in [-0.25, -0.2) is 0 Å². The van der Waals surface area contributed by atoms with Crippen molar-refractivity contribution in [3.05, 3.63) is 27.5 Å². The maximum absolute atomic E-state index is 12.2. The summed E-state index contributed by atoms with van der Waals surface area (Å²) in [5.74, 6) is 2.35. The minimum absolute atomic E-state index is 0.0643. The van der Waals surface area contributed by atoms with E-state index in [4.69, 9.17) is 12.2 Å². The smallest absolute Gasteiger partial charge is 0.263 e. The molecule has 2 aromatic rings. The van der Waals surface area contributed by atoms with Crippen LogP contribution >= 0.6 is 27.3 Å². The van der Waals surface area contributed by atoms with Gasteiger partial charge in [0.15, 0.2) is 0 Å². The fraction of sp³-hybridized carbons (Fsp3) is 0.214. The quantitative estimate of drug-likeness (QED) is 0.844. The SMILES string of the molecule is C#CCC(C)NC(=O)c1sc2cccc(Br)c2c1N. The van der Waals surface area contributed by atoms with Crippen LogP contribution in [0.5, 0.6) is 0 Å². The molecule has 0 saturated heterocycles. The molecule has 3 nitrogen and oxygen atoms in total. The fourth-order valence-corrected chi connectivity index (χ4v) is 3.58. The molecule has 1 aromatic carbocycles. The van der Waals surface area contributed by atoms with Gasteiger partial charge in [0.1, 0.15) is 4.88 Å². The molecule has 1 unspecified atom stereocenters. The van der Waals surface area contributed by atoms with Gasteiger partial charge < -0.3 is 11.1 Å². The lowest BCUT2D eigenvalue weighted by Gasteiger charge is -2.10. The van der Waals surface area contributed by atoms with Gasteiger partial charge in [-0.2, -0.15) is 0 Å². The summed E-state index contributed by atoms with van der Waals surface area (Å²) in [6.07, 6.45) is 5.73. The van der Waals surface area contributed by atoms with Crippen LogP contribution in [0.3, 0.4) is 0 Å². The molecule has 2 rings (SSSR count). The van der Waals surface area contributed by atoms with E-state index in [1.165, 1.54) is 11.3 Å². The maximum atomic E-state index is 12.2. The third-order valence-electron chi connectivity index (χ3n) is 2.71. The highest BCUT2D eigenvalue weighted by molar-refractivity contribution is 9.10. The van der Waals surface area contributed by atoms with Gasteiger partial charge in [0.2, 0.25) is 0 Å². The topological polar surface area (TPSA) is 55.1 Å². The van der Waals surface area contributed by atoms with Crippen molar-refractivity contribution in [3.63, 3.8) is 0 Å². The van der Waals surface area contributed by atoms with Crippen molar-refractivity contribution in [1.82, 2.24) is 5.32 Å². The first-order valence-electron chi connectivity index (χ1n) is 5.75. The molecule has 0 radical (unpaired) electrons. The van der Waals surface area contributed by atoms with Crippen molar-refractivity contribution in [2.75, 3.05) is 5.73 Å². The van der Waals surface area contributed by atoms with E-state index in [0.29, 0.717) is 17.0 Å². The van der Waals surface area contributed by atoms with Gasteiger partial charge in [0.05, 0.1) is 5.69 Å². The summed E-state index contributed by atoms with van der Waals surface area (Å²) in [6, 6.07) is 5.72. The Morgan fingerprint density at radius 2 is 2.37 bits per heavy atom. The molecule has 1 atom stereocenters. The average Bonchev–Trinajstić information content (AvgIpc) is 2.68. The second kappa shape index (κ2) is 5.64. The van der Waals surface area contributed by atoms with E-state index in [-0.39, 0.29) is 11.9 Å². The number of thiophene rings is 1. The zero-order valence-electron chi connectivity index (χ0n) is 10.4. The molecule has 0 bridgehead atoms. The Hall–Kier alpha value is -1.51. The van der Waals surface area contributed by atoms with E-state index >= 15 is 0 Å². The standard InChI is InChI=1S/C14H13BrN2OS/c1-3-5-8(2)17-14(18)13-12(16)11-9(15)6-4-7-10(11)19-13/h1,4,6-8H,5,16H2,2H3,(H,17,18). The van der Waals surface area contributed by atoms with Gasteiger partial charge in [-0.05, 0) is 19.1 Å². The number of hydrogen-bond acceptors (Lipinski definition) is 3. The summed E-state index contributed by atoms with van der Waals surface area (Å²) in [6.45, 7) is 1.87. The molecule has 98 valence electrons. The summed E-state index contributed by atoms with van der Waals surface area (Å²) >= 11 is 4.84. The Labute approximate surface area is 124 Å². The van der Waals surface area contributed by atoms with Crippen LogP contribution in [0.15, 0.2) is 22.7 Å². The van der Waals surface area contributed by atoms with Gasteiger partial charge in [-0.1, -0.05) is 22.0 Å². The number of benzene rings is 1. The fourth-order valence-electron chi connectivity index (χ4n) is 1.82. The van der Waals surface area contributed by atoms with Crippen molar-refractivity contribution in [1.29, 1.82) is 0 Å². The van der Waals surface area contributed by atoms with E-state index in [1.54, 1.807) is 0 Å². The summed E-state index contributed by atoms with van der Waals surface area (Å²) in [7, 11) is 0. The number of anilines is 1. The van der Waals surface area contributed by atoms with Gasteiger partial charge in [-0.3, -0.25) is 4.79 Å². The normalized spacial score (nSPS) is 12.1. The van der Waals surface area contributed by atoms with Gasteiger partial charge in [0.25, 0.3) is 5.91 Å². The number of amides is 1. The van der Waals surface area contributed by atoms with Crippen LogP contribution in [0.4, 0.5) is 5.69 Å². The highest BCUT2D eigenvalue weighted by Crippen LogP contribution is 2.38. The molecule has 0 spiro atoms. The zero-order valence-corrected chi connectivity index (χ0v) is 12.8. The van der Waals surface area contributed by atoms with Crippen molar-refractivity contribution in [2.24, 2.45) is 0 Å². The van der Waals surface area contributed by atoms with Crippen molar-refractivity contribution in [3.8, 4) is 12.3 Å². The molecule has 1 amide bonds. The number of carbonyl (C=O) groups excluding carboxylic acids is 1. The van der Waals surface area contributed by atoms with Crippen LogP contribution in [0, 0.1) is 12.3 Å². The van der Waals surface area contributed by atoms with Crippen molar-refractivity contribution >= 4 is 48.9 Å². The number of nitrogens with one attached hydrogen (secondary N) is 1. The Balaban J connectivity index is 2.36. The molecular weight excluding hydrogens is 324 g/mol. The third-order valence-corrected chi connectivity index (χ3v) is 4.54. The second-order valence-electron chi connectivity index (χ2n) is 4.24. The monoisotopic (exact) mass is 336 g/mol. The van der Waals surface area contributed by atoms with E-state index < -0.39 is 0 Å². The number of carbonyl (C=O) groups is 1. The number of nitrogen functional groups attached to an aromatic ring is 1. The number of halogens is 1. The van der Waals surface area contributed by atoms with Crippen LogP contribution in [-0.2, 0) is 0 Å². The Morgan fingerprint density at radius 3 is 3.00 bits per heavy atom. The summed E-state index contributed by atoms with van der Waals surface area (Å²) in [4.78, 5) is 12.7. The Morgan fingerprint density at radius 1 is 1.63 bits per heavy atom. The van der Waals surface area contributed by atoms with Crippen LogP contribution in [0.2, 0.25) is 0 Å². The highest BCUT2D eigenvalue weighted by atomic mass is 79.9. The van der Waals surface area contributed by atoms with Gasteiger partial charge >= 0.3 is 0 Å². The van der Waals surface area contributed by atoms with E-state index in [9.17, 15) is 4.79 Å². The number of nitrogens with two attached hydrogens (primary N) is 1. The number of fused-ring (bicyclic) bond motifs is 1. The van der Waals surface area contributed by atoms with Crippen LogP contribution in [0.1, 0.15) is 23.0 Å². The molecule has 0 aliphatic heterocycles. The number of terminal acetylenes is 1. The van der Waals surface area contributed by atoms with E-state index in [0.717, 1.165) is 14.6 Å². The van der Waals surface area contributed by atoms with E-state index in [2.05, 4.69) is 27.2 Å². The number of rotatable bonds is 3. The predicted molar refractivity (Wildman–Crippen MR) is 84.3 cm³/mol. The molecule has 0 fully saturated rings. The van der Waals surface area contributed by atoms with Crippen LogP contribution < -0.4 is 11.1 Å². The lowest BCUT2D eigenvalue weighted by molar-refractivity contribution is 0.0946.